The lowest BCUT2D eigenvalue weighted by Gasteiger charge is -2.20. The van der Waals surface area contributed by atoms with Crippen molar-refractivity contribution in [3.8, 4) is 11.4 Å². The standard InChI is InChI=1S/C30H24F2N6O2S/c1-18(2)22-5-3-4-6-25(22)38-27(39)16-41-30(38)36-34-15-19-7-12-23-24(35-19)13-14-26-28(23)33-17-37(26)20-8-10-21(11-9-20)40-29(31)32/h3-15,17-18,29H,16H2,1-2H3/b34-15+,36-30+. The van der Waals surface area contributed by atoms with Crippen molar-refractivity contribution in [3.05, 3.63) is 90.4 Å². The summed E-state index contributed by atoms with van der Waals surface area (Å²) in [6.07, 6.45) is 3.25. The van der Waals surface area contributed by atoms with Gasteiger partial charge >= 0.3 is 6.61 Å². The van der Waals surface area contributed by atoms with Crippen LogP contribution in [0.15, 0.2) is 89.3 Å². The molecule has 206 valence electrons. The molecule has 0 bridgehead atoms. The number of hydrogen-bond donors (Lipinski definition) is 0. The van der Waals surface area contributed by atoms with Crippen LogP contribution in [0.2, 0.25) is 0 Å². The average Bonchev–Trinajstić information content (AvgIpc) is 3.56. The van der Waals surface area contributed by atoms with E-state index in [4.69, 9.17) is 4.98 Å². The van der Waals surface area contributed by atoms with Crippen LogP contribution in [0.1, 0.15) is 31.0 Å². The van der Waals surface area contributed by atoms with Crippen LogP contribution < -0.4 is 9.64 Å². The Balaban J connectivity index is 1.26. The van der Waals surface area contributed by atoms with E-state index in [0.717, 1.165) is 38.9 Å². The second-order valence-electron chi connectivity index (χ2n) is 9.58. The van der Waals surface area contributed by atoms with Crippen LogP contribution in [0.3, 0.4) is 0 Å². The number of hydrogen-bond acceptors (Lipinski definition) is 7. The second-order valence-corrected chi connectivity index (χ2v) is 10.5. The van der Waals surface area contributed by atoms with Gasteiger partial charge in [-0.25, -0.2) is 9.97 Å². The molecule has 1 aliphatic heterocycles. The molecular formula is C30H24F2N6O2S. The number of para-hydroxylation sites is 1. The molecule has 11 heteroatoms. The minimum atomic E-state index is -2.87. The highest BCUT2D eigenvalue weighted by atomic mass is 32.2. The topological polar surface area (TPSA) is 85.0 Å². The number of aromatic nitrogens is 3. The Labute approximate surface area is 238 Å². The van der Waals surface area contributed by atoms with E-state index in [2.05, 4.69) is 33.8 Å². The van der Waals surface area contributed by atoms with Gasteiger partial charge in [-0.1, -0.05) is 43.8 Å². The van der Waals surface area contributed by atoms with Gasteiger partial charge in [0.2, 0.25) is 5.91 Å². The molecule has 8 nitrogen and oxygen atoms in total. The SMILES string of the molecule is CC(C)c1ccccc1N1C(=O)CS/C1=N/N=C/c1ccc2c(ccc3c2ncn3-c2ccc(OC(F)F)cc2)n1. The van der Waals surface area contributed by atoms with Crippen molar-refractivity contribution in [1.29, 1.82) is 0 Å². The van der Waals surface area contributed by atoms with Gasteiger partial charge in [0.1, 0.15) is 12.1 Å². The molecule has 0 atom stereocenters. The number of anilines is 1. The van der Waals surface area contributed by atoms with Gasteiger partial charge in [0, 0.05) is 11.1 Å². The Bertz CT molecular complexity index is 1820. The van der Waals surface area contributed by atoms with Crippen LogP contribution in [-0.2, 0) is 4.79 Å². The number of amidine groups is 1. The Kier molecular flexibility index (Phi) is 7.19. The van der Waals surface area contributed by atoms with Crippen LogP contribution in [0.5, 0.6) is 5.75 Å². The third-order valence-electron chi connectivity index (χ3n) is 6.64. The number of pyridine rings is 1. The van der Waals surface area contributed by atoms with Crippen LogP contribution >= 0.6 is 11.8 Å². The molecule has 1 fully saturated rings. The predicted octanol–water partition coefficient (Wildman–Crippen LogP) is 6.77. The van der Waals surface area contributed by atoms with Gasteiger partial charge in [0.25, 0.3) is 0 Å². The third-order valence-corrected chi connectivity index (χ3v) is 7.56. The maximum absolute atomic E-state index is 12.7. The summed E-state index contributed by atoms with van der Waals surface area (Å²) in [5, 5.41) is 10.0. The average molecular weight is 571 g/mol. The number of imidazole rings is 1. The molecular weight excluding hydrogens is 546 g/mol. The molecule has 0 aliphatic carbocycles. The summed E-state index contributed by atoms with van der Waals surface area (Å²) in [6, 6.07) is 21.8. The summed E-state index contributed by atoms with van der Waals surface area (Å²) in [7, 11) is 0. The number of ether oxygens (including phenoxy) is 1. The highest BCUT2D eigenvalue weighted by Crippen LogP contribution is 2.33. The van der Waals surface area contributed by atoms with Crippen molar-refractivity contribution in [1.82, 2.24) is 14.5 Å². The van der Waals surface area contributed by atoms with Gasteiger partial charge in [-0.2, -0.15) is 13.9 Å². The lowest BCUT2D eigenvalue weighted by molar-refractivity contribution is -0.115. The lowest BCUT2D eigenvalue weighted by atomic mass is 10.0. The number of carbonyl (C=O) groups excluding carboxylic acids is 1. The van der Waals surface area contributed by atoms with Gasteiger partial charge in [-0.3, -0.25) is 14.3 Å². The number of carbonyl (C=O) groups is 1. The number of nitrogens with zero attached hydrogens (tertiary/aromatic N) is 6. The molecule has 6 rings (SSSR count). The minimum Gasteiger partial charge on any atom is -0.435 e. The van der Waals surface area contributed by atoms with Crippen LogP contribution in [0.4, 0.5) is 14.5 Å². The molecule has 0 radical (unpaired) electrons. The number of amides is 1. The molecule has 0 unspecified atom stereocenters. The van der Waals surface area contributed by atoms with Gasteiger partial charge in [-0.05, 0) is 66.1 Å². The minimum absolute atomic E-state index is 0.0261. The molecule has 1 amide bonds. The monoisotopic (exact) mass is 570 g/mol. The van der Waals surface area contributed by atoms with Crippen molar-refractivity contribution >= 4 is 56.7 Å². The van der Waals surface area contributed by atoms with Crippen molar-refractivity contribution in [2.45, 2.75) is 26.4 Å². The third kappa shape index (κ3) is 5.28. The molecule has 0 saturated carbocycles. The van der Waals surface area contributed by atoms with E-state index in [-0.39, 0.29) is 17.6 Å². The fourth-order valence-corrected chi connectivity index (χ4v) is 5.57. The number of fused-ring (bicyclic) bond motifs is 3. The molecule has 5 aromatic rings. The number of thioether (sulfide) groups is 1. The quantitative estimate of drug-likeness (QED) is 0.159. The first kappa shape index (κ1) is 26.6. The summed E-state index contributed by atoms with van der Waals surface area (Å²) in [6.45, 7) is 1.32. The maximum atomic E-state index is 12.7. The summed E-state index contributed by atoms with van der Waals surface area (Å²) >= 11 is 1.36. The van der Waals surface area contributed by atoms with Crippen molar-refractivity contribution in [2.75, 3.05) is 10.7 Å². The number of rotatable bonds is 7. The molecule has 2 aromatic heterocycles. The highest BCUT2D eigenvalue weighted by molar-refractivity contribution is 8.15. The van der Waals surface area contributed by atoms with Gasteiger partial charge < -0.3 is 4.74 Å². The van der Waals surface area contributed by atoms with Gasteiger partial charge in [0.15, 0.2) is 5.17 Å². The van der Waals surface area contributed by atoms with Crippen LogP contribution in [0, 0.1) is 0 Å². The van der Waals surface area contributed by atoms with E-state index < -0.39 is 6.61 Å². The Hall–Kier alpha value is -4.64. The fraction of sp³-hybridized carbons (Fsp3) is 0.167. The summed E-state index contributed by atoms with van der Waals surface area (Å²) in [5.41, 5.74) is 5.61. The molecule has 41 heavy (non-hydrogen) atoms. The molecule has 0 spiro atoms. The largest absolute Gasteiger partial charge is 0.435 e. The lowest BCUT2D eigenvalue weighted by Crippen LogP contribution is -2.30. The maximum Gasteiger partial charge on any atom is 0.387 e. The van der Waals surface area contributed by atoms with Crippen molar-refractivity contribution in [2.24, 2.45) is 10.2 Å². The molecule has 0 N–H and O–H groups in total. The number of halogens is 2. The smallest absolute Gasteiger partial charge is 0.387 e. The van der Waals surface area contributed by atoms with E-state index in [1.807, 2.05) is 53.1 Å². The van der Waals surface area contributed by atoms with E-state index >= 15 is 0 Å². The zero-order valence-corrected chi connectivity index (χ0v) is 22.9. The van der Waals surface area contributed by atoms with Gasteiger partial charge in [-0.15, -0.1) is 5.10 Å². The first-order valence-electron chi connectivity index (χ1n) is 12.9. The molecule has 1 aliphatic rings. The Morgan fingerprint density at radius 3 is 2.61 bits per heavy atom. The zero-order chi connectivity index (χ0) is 28.5. The second kappa shape index (κ2) is 11.1. The van der Waals surface area contributed by atoms with E-state index in [9.17, 15) is 13.6 Å². The van der Waals surface area contributed by atoms with E-state index in [1.54, 1.807) is 29.6 Å². The molecule has 1 saturated heterocycles. The summed E-state index contributed by atoms with van der Waals surface area (Å²) < 4.78 is 31.3. The summed E-state index contributed by atoms with van der Waals surface area (Å²) in [5.74, 6) is 0.628. The van der Waals surface area contributed by atoms with Crippen LogP contribution in [0.25, 0.3) is 27.6 Å². The highest BCUT2D eigenvalue weighted by Gasteiger charge is 2.31. The van der Waals surface area contributed by atoms with Crippen molar-refractivity contribution < 1.29 is 18.3 Å². The predicted molar refractivity (Wildman–Crippen MR) is 159 cm³/mol. The first-order valence-corrected chi connectivity index (χ1v) is 13.9. The molecule has 3 aromatic carbocycles. The summed E-state index contributed by atoms with van der Waals surface area (Å²) in [4.78, 5) is 23.6. The first-order chi connectivity index (χ1) is 19.9. The van der Waals surface area contributed by atoms with E-state index in [1.165, 1.54) is 23.9 Å². The van der Waals surface area contributed by atoms with Gasteiger partial charge in [0.05, 0.1) is 39.9 Å². The molecule has 3 heterocycles. The van der Waals surface area contributed by atoms with Crippen molar-refractivity contribution in [3.63, 3.8) is 0 Å². The number of alkyl halides is 2. The van der Waals surface area contributed by atoms with E-state index in [0.29, 0.717) is 16.6 Å². The normalized spacial score (nSPS) is 15.0. The Morgan fingerprint density at radius 1 is 1.02 bits per heavy atom. The fourth-order valence-electron chi connectivity index (χ4n) is 4.76. The zero-order valence-electron chi connectivity index (χ0n) is 22.1. The van der Waals surface area contributed by atoms with Crippen LogP contribution in [-0.4, -0.2) is 44.2 Å². The Morgan fingerprint density at radius 2 is 1.83 bits per heavy atom. The number of benzene rings is 3.